The molecule has 0 fully saturated rings. The van der Waals surface area contributed by atoms with Gasteiger partial charge in [0.1, 0.15) is 12.6 Å². The van der Waals surface area contributed by atoms with E-state index in [9.17, 15) is 9.59 Å². The third kappa shape index (κ3) is 4.48. The van der Waals surface area contributed by atoms with Crippen molar-refractivity contribution in [2.75, 3.05) is 11.0 Å². The number of nitrogens with one attached hydrogen (secondary N) is 1. The highest BCUT2D eigenvalue weighted by Gasteiger charge is 2.21. The van der Waals surface area contributed by atoms with Crippen molar-refractivity contribution in [2.45, 2.75) is 6.04 Å². The molecule has 0 spiro atoms. The summed E-state index contributed by atoms with van der Waals surface area (Å²) in [5.74, 6) is -0.735. The maximum absolute atomic E-state index is 11.8. The number of amides is 1. The molecule has 0 aliphatic rings. The Labute approximate surface area is 120 Å². The molecular weight excluding hydrogens is 345 g/mol. The first kappa shape index (κ1) is 14.7. The van der Waals surface area contributed by atoms with E-state index in [1.54, 1.807) is 24.3 Å². The van der Waals surface area contributed by atoms with Gasteiger partial charge in [-0.15, -0.1) is 0 Å². The van der Waals surface area contributed by atoms with Gasteiger partial charge in [-0.05, 0) is 12.1 Å². The first-order valence-corrected chi connectivity index (χ1v) is 6.91. The molecular formula is C13H14INO3. The Morgan fingerprint density at radius 1 is 1.39 bits per heavy atom. The lowest BCUT2D eigenvalue weighted by Gasteiger charge is -2.14. The zero-order chi connectivity index (χ0) is 13.4. The SMILES string of the molecule is C=CCOC(=O)[C@H](CI)NC(=O)c1ccccc1. The number of carbonyl (C=O) groups excluding carboxylic acids is 2. The molecule has 0 radical (unpaired) electrons. The summed E-state index contributed by atoms with van der Waals surface area (Å²) in [5, 5.41) is 2.64. The smallest absolute Gasteiger partial charge is 0.329 e. The number of esters is 1. The largest absolute Gasteiger partial charge is 0.460 e. The molecule has 0 unspecified atom stereocenters. The molecule has 1 rings (SSSR count). The van der Waals surface area contributed by atoms with Crippen molar-refractivity contribution in [3.63, 3.8) is 0 Å². The van der Waals surface area contributed by atoms with Crippen LogP contribution in [-0.2, 0) is 9.53 Å². The molecule has 1 aromatic carbocycles. The molecule has 5 heteroatoms. The van der Waals surface area contributed by atoms with Gasteiger partial charge in [-0.3, -0.25) is 4.79 Å². The normalized spacial score (nSPS) is 11.4. The monoisotopic (exact) mass is 359 g/mol. The van der Waals surface area contributed by atoms with E-state index in [0.29, 0.717) is 9.99 Å². The zero-order valence-electron chi connectivity index (χ0n) is 9.77. The minimum Gasteiger partial charge on any atom is -0.460 e. The van der Waals surface area contributed by atoms with Gasteiger partial charge in [-0.25, -0.2) is 4.79 Å². The van der Waals surface area contributed by atoms with Crippen LogP contribution < -0.4 is 5.32 Å². The summed E-state index contributed by atoms with van der Waals surface area (Å²) in [5.41, 5.74) is 0.517. The van der Waals surface area contributed by atoms with E-state index < -0.39 is 12.0 Å². The molecule has 18 heavy (non-hydrogen) atoms. The highest BCUT2D eigenvalue weighted by Crippen LogP contribution is 2.01. The fourth-order valence-corrected chi connectivity index (χ4v) is 1.81. The molecule has 0 aliphatic carbocycles. The second-order valence-corrected chi connectivity index (χ2v) is 4.35. The minimum atomic E-state index is -0.641. The Kier molecular flexibility index (Phi) is 6.42. The lowest BCUT2D eigenvalue weighted by molar-refractivity contribution is -0.143. The second kappa shape index (κ2) is 7.86. The Morgan fingerprint density at radius 3 is 2.61 bits per heavy atom. The van der Waals surface area contributed by atoms with E-state index in [1.165, 1.54) is 6.08 Å². The number of rotatable bonds is 6. The summed E-state index contributed by atoms with van der Waals surface area (Å²) in [7, 11) is 0. The van der Waals surface area contributed by atoms with Crippen molar-refractivity contribution in [2.24, 2.45) is 0 Å². The lowest BCUT2D eigenvalue weighted by atomic mass is 10.2. The van der Waals surface area contributed by atoms with E-state index in [2.05, 4.69) is 11.9 Å². The Morgan fingerprint density at radius 2 is 2.06 bits per heavy atom. The van der Waals surface area contributed by atoms with Crippen LogP contribution in [0, 0.1) is 0 Å². The van der Waals surface area contributed by atoms with Crippen LogP contribution in [0.15, 0.2) is 43.0 Å². The van der Waals surface area contributed by atoms with E-state index in [1.807, 2.05) is 28.7 Å². The topological polar surface area (TPSA) is 55.4 Å². The minimum absolute atomic E-state index is 0.146. The number of halogens is 1. The highest BCUT2D eigenvalue weighted by atomic mass is 127. The average Bonchev–Trinajstić information content (AvgIpc) is 2.42. The molecule has 4 nitrogen and oxygen atoms in total. The Bertz CT molecular complexity index is 420. The van der Waals surface area contributed by atoms with Gasteiger partial charge in [-0.1, -0.05) is 53.4 Å². The number of hydrogen-bond donors (Lipinski definition) is 1. The third-order valence-electron chi connectivity index (χ3n) is 2.12. The Balaban J connectivity index is 2.60. The second-order valence-electron chi connectivity index (χ2n) is 3.47. The van der Waals surface area contributed by atoms with Crippen LogP contribution in [0.2, 0.25) is 0 Å². The van der Waals surface area contributed by atoms with Crippen LogP contribution >= 0.6 is 22.6 Å². The molecule has 1 atom stereocenters. The Hall–Kier alpha value is -1.37. The molecule has 0 aromatic heterocycles. The number of carbonyl (C=O) groups is 2. The van der Waals surface area contributed by atoms with Gasteiger partial charge in [0, 0.05) is 9.99 Å². The van der Waals surface area contributed by atoms with Gasteiger partial charge in [0.25, 0.3) is 5.91 Å². The standard InChI is InChI=1S/C13H14INO3/c1-2-8-18-13(17)11(9-14)15-12(16)10-6-4-3-5-7-10/h2-7,11H,1,8-9H2,(H,15,16)/t11-/m0/s1. The molecule has 0 aliphatic heterocycles. The first-order chi connectivity index (χ1) is 8.69. The van der Waals surface area contributed by atoms with Crippen LogP contribution in [0.25, 0.3) is 0 Å². The maximum atomic E-state index is 11.8. The van der Waals surface area contributed by atoms with Crippen molar-refractivity contribution >= 4 is 34.5 Å². The number of ether oxygens (including phenoxy) is 1. The van der Waals surface area contributed by atoms with Gasteiger partial charge >= 0.3 is 5.97 Å². The van der Waals surface area contributed by atoms with E-state index >= 15 is 0 Å². The fourth-order valence-electron chi connectivity index (χ4n) is 1.23. The molecule has 0 bridgehead atoms. The predicted octanol–water partition coefficient (Wildman–Crippen LogP) is 1.95. The predicted molar refractivity (Wildman–Crippen MR) is 77.7 cm³/mol. The molecule has 1 amide bonds. The van der Waals surface area contributed by atoms with Crippen molar-refractivity contribution in [3.8, 4) is 0 Å². The molecule has 0 saturated heterocycles. The van der Waals surface area contributed by atoms with E-state index in [0.717, 1.165) is 0 Å². The summed E-state index contributed by atoms with van der Waals surface area (Å²) >= 11 is 2.03. The summed E-state index contributed by atoms with van der Waals surface area (Å²) in [6.07, 6.45) is 1.49. The first-order valence-electron chi connectivity index (χ1n) is 5.38. The van der Waals surface area contributed by atoms with Crippen LogP contribution in [0.1, 0.15) is 10.4 Å². The highest BCUT2D eigenvalue weighted by molar-refractivity contribution is 14.1. The summed E-state index contributed by atoms with van der Waals surface area (Å²) in [6.45, 7) is 3.61. The zero-order valence-corrected chi connectivity index (χ0v) is 11.9. The van der Waals surface area contributed by atoms with Crippen molar-refractivity contribution in [1.82, 2.24) is 5.32 Å². The number of alkyl halides is 1. The molecule has 1 N–H and O–H groups in total. The van der Waals surface area contributed by atoms with Gasteiger partial charge in [0.2, 0.25) is 0 Å². The molecule has 0 saturated carbocycles. The van der Waals surface area contributed by atoms with Crippen LogP contribution in [-0.4, -0.2) is 29.0 Å². The average molecular weight is 359 g/mol. The van der Waals surface area contributed by atoms with Crippen molar-refractivity contribution in [1.29, 1.82) is 0 Å². The van der Waals surface area contributed by atoms with Gasteiger partial charge in [-0.2, -0.15) is 0 Å². The molecule has 96 valence electrons. The maximum Gasteiger partial charge on any atom is 0.329 e. The molecule has 1 aromatic rings. The number of hydrogen-bond acceptors (Lipinski definition) is 3. The van der Waals surface area contributed by atoms with Crippen molar-refractivity contribution < 1.29 is 14.3 Å². The van der Waals surface area contributed by atoms with Crippen molar-refractivity contribution in [3.05, 3.63) is 48.6 Å². The van der Waals surface area contributed by atoms with Gasteiger partial charge < -0.3 is 10.1 Å². The summed E-state index contributed by atoms with van der Waals surface area (Å²) in [6, 6.07) is 8.10. The van der Waals surface area contributed by atoms with E-state index in [4.69, 9.17) is 4.74 Å². The van der Waals surface area contributed by atoms with E-state index in [-0.39, 0.29) is 12.5 Å². The number of benzene rings is 1. The third-order valence-corrected chi connectivity index (χ3v) is 3.00. The van der Waals surface area contributed by atoms with Gasteiger partial charge in [0.05, 0.1) is 0 Å². The molecule has 0 heterocycles. The lowest BCUT2D eigenvalue weighted by Crippen LogP contribution is -2.43. The quantitative estimate of drug-likeness (QED) is 0.366. The summed E-state index contributed by atoms with van der Waals surface area (Å²) in [4.78, 5) is 23.5. The summed E-state index contributed by atoms with van der Waals surface area (Å²) < 4.78 is 5.36. The van der Waals surface area contributed by atoms with Crippen LogP contribution in [0.5, 0.6) is 0 Å². The van der Waals surface area contributed by atoms with Gasteiger partial charge in [0.15, 0.2) is 0 Å². The fraction of sp³-hybridized carbons (Fsp3) is 0.231. The van der Waals surface area contributed by atoms with Crippen LogP contribution in [0.4, 0.5) is 0 Å². The van der Waals surface area contributed by atoms with Crippen LogP contribution in [0.3, 0.4) is 0 Å².